The van der Waals surface area contributed by atoms with Crippen LogP contribution in [0.5, 0.6) is 5.88 Å². The molecule has 4 rings (SSSR count). The summed E-state index contributed by atoms with van der Waals surface area (Å²) in [7, 11) is 1.52. The van der Waals surface area contributed by atoms with E-state index in [1.54, 1.807) is 24.5 Å². The molecule has 1 atom stereocenters. The molecule has 6 nitrogen and oxygen atoms in total. The molecular formula is C22H22ClN3O3. The van der Waals surface area contributed by atoms with Gasteiger partial charge in [0, 0.05) is 30.7 Å². The van der Waals surface area contributed by atoms with Gasteiger partial charge in [-0.3, -0.25) is 4.79 Å². The van der Waals surface area contributed by atoms with Gasteiger partial charge < -0.3 is 14.1 Å². The lowest BCUT2D eigenvalue weighted by Gasteiger charge is -2.31. The molecule has 0 N–H and O–H groups in total. The Labute approximate surface area is 174 Å². The number of pyridine rings is 1. The minimum atomic E-state index is -0.0784. The zero-order valence-corrected chi connectivity index (χ0v) is 16.9. The van der Waals surface area contributed by atoms with Crippen molar-refractivity contribution in [3.63, 3.8) is 0 Å². The molecule has 7 heteroatoms. The summed E-state index contributed by atoms with van der Waals surface area (Å²) < 4.78 is 11.3. The van der Waals surface area contributed by atoms with E-state index in [4.69, 9.17) is 20.8 Å². The number of benzene rings is 1. The first-order chi connectivity index (χ1) is 14.1. The van der Waals surface area contributed by atoms with Crippen molar-refractivity contribution >= 4 is 17.5 Å². The number of halogens is 1. The van der Waals surface area contributed by atoms with E-state index in [-0.39, 0.29) is 11.8 Å². The highest BCUT2D eigenvalue weighted by Crippen LogP contribution is 2.29. The van der Waals surface area contributed by atoms with Gasteiger partial charge in [0.1, 0.15) is 11.3 Å². The molecule has 0 bridgehead atoms. The molecular weight excluding hydrogens is 390 g/mol. The van der Waals surface area contributed by atoms with Crippen molar-refractivity contribution in [3.8, 4) is 5.88 Å². The molecule has 0 radical (unpaired) electrons. The summed E-state index contributed by atoms with van der Waals surface area (Å²) in [5, 5.41) is 0.703. The summed E-state index contributed by atoms with van der Waals surface area (Å²) in [4.78, 5) is 23.4. The lowest BCUT2D eigenvalue weighted by atomic mass is 9.97. The Hall–Kier alpha value is -2.86. The van der Waals surface area contributed by atoms with Gasteiger partial charge in [-0.05, 0) is 42.7 Å². The fraction of sp³-hybridized carbons (Fsp3) is 0.318. The van der Waals surface area contributed by atoms with Gasteiger partial charge in [-0.25, -0.2) is 9.97 Å². The van der Waals surface area contributed by atoms with Crippen LogP contribution in [0.2, 0.25) is 5.02 Å². The SMILES string of the molecule is COc1ncccc1C(=O)N1CCC[C@@H](c2ncc(Cc3cccc(Cl)c3)o2)C1. The van der Waals surface area contributed by atoms with Crippen LogP contribution in [0.3, 0.4) is 0 Å². The third-order valence-electron chi connectivity index (χ3n) is 5.09. The number of carbonyl (C=O) groups is 1. The summed E-state index contributed by atoms with van der Waals surface area (Å²) >= 11 is 6.06. The molecule has 0 aliphatic carbocycles. The van der Waals surface area contributed by atoms with Crippen LogP contribution in [0.1, 0.15) is 46.3 Å². The van der Waals surface area contributed by atoms with E-state index in [9.17, 15) is 4.79 Å². The zero-order valence-electron chi connectivity index (χ0n) is 16.2. The van der Waals surface area contributed by atoms with Crippen molar-refractivity contribution in [2.45, 2.75) is 25.2 Å². The number of amides is 1. The Bertz CT molecular complexity index is 1000. The highest BCUT2D eigenvalue weighted by atomic mass is 35.5. The summed E-state index contributed by atoms with van der Waals surface area (Å²) in [6.45, 7) is 1.26. The molecule has 1 saturated heterocycles. The number of hydrogen-bond acceptors (Lipinski definition) is 5. The summed E-state index contributed by atoms with van der Waals surface area (Å²) in [5.41, 5.74) is 1.55. The predicted octanol–water partition coefficient (Wildman–Crippen LogP) is 4.34. The molecule has 1 aliphatic rings. The number of rotatable bonds is 5. The van der Waals surface area contributed by atoms with Crippen LogP contribution in [0, 0.1) is 0 Å². The first-order valence-corrected chi connectivity index (χ1v) is 9.99. The third kappa shape index (κ3) is 4.43. The molecule has 1 fully saturated rings. The maximum atomic E-state index is 13.0. The Morgan fingerprint density at radius 3 is 3.03 bits per heavy atom. The normalized spacial score (nSPS) is 16.6. The molecule has 3 heterocycles. The van der Waals surface area contributed by atoms with Crippen LogP contribution < -0.4 is 4.74 Å². The molecule has 29 heavy (non-hydrogen) atoms. The van der Waals surface area contributed by atoms with E-state index in [1.807, 2.05) is 29.2 Å². The van der Waals surface area contributed by atoms with Crippen LogP contribution >= 0.6 is 11.6 Å². The molecule has 3 aromatic rings. The number of methoxy groups -OCH3 is 1. The second-order valence-electron chi connectivity index (χ2n) is 7.12. The number of ether oxygens (including phenoxy) is 1. The standard InChI is InChI=1S/C22H22ClN3O3/c1-28-21-19(8-3-9-24-21)22(27)26-10-4-6-16(14-26)20-25-13-18(29-20)12-15-5-2-7-17(23)11-15/h2-3,5,7-9,11,13,16H,4,6,10,12,14H2,1H3/t16-/m1/s1. The monoisotopic (exact) mass is 411 g/mol. The van der Waals surface area contributed by atoms with E-state index >= 15 is 0 Å². The van der Waals surface area contributed by atoms with E-state index in [0.717, 1.165) is 24.2 Å². The van der Waals surface area contributed by atoms with Gasteiger partial charge in [-0.1, -0.05) is 23.7 Å². The van der Waals surface area contributed by atoms with Gasteiger partial charge in [0.25, 0.3) is 5.91 Å². The van der Waals surface area contributed by atoms with E-state index in [2.05, 4.69) is 9.97 Å². The Balaban J connectivity index is 1.46. The number of piperidine rings is 1. The number of nitrogens with zero attached hydrogens (tertiary/aromatic N) is 3. The average Bonchev–Trinajstić information content (AvgIpc) is 3.22. The third-order valence-corrected chi connectivity index (χ3v) is 5.33. The lowest BCUT2D eigenvalue weighted by molar-refractivity contribution is 0.0693. The molecule has 150 valence electrons. The van der Waals surface area contributed by atoms with E-state index in [1.165, 1.54) is 7.11 Å². The maximum absolute atomic E-state index is 13.0. The largest absolute Gasteiger partial charge is 0.480 e. The minimum absolute atomic E-state index is 0.0727. The first-order valence-electron chi connectivity index (χ1n) is 9.61. The highest BCUT2D eigenvalue weighted by molar-refractivity contribution is 6.30. The predicted molar refractivity (Wildman–Crippen MR) is 109 cm³/mol. The lowest BCUT2D eigenvalue weighted by Crippen LogP contribution is -2.39. The smallest absolute Gasteiger partial charge is 0.259 e. The highest BCUT2D eigenvalue weighted by Gasteiger charge is 2.29. The maximum Gasteiger partial charge on any atom is 0.259 e. The second kappa shape index (κ2) is 8.66. The molecule has 1 aromatic carbocycles. The van der Waals surface area contributed by atoms with Crippen LogP contribution in [-0.2, 0) is 6.42 Å². The summed E-state index contributed by atoms with van der Waals surface area (Å²) in [6.07, 6.45) is 5.84. The Morgan fingerprint density at radius 1 is 1.31 bits per heavy atom. The Kier molecular flexibility index (Phi) is 5.81. The first kappa shape index (κ1) is 19.5. The second-order valence-corrected chi connectivity index (χ2v) is 7.56. The minimum Gasteiger partial charge on any atom is -0.480 e. The fourth-order valence-corrected chi connectivity index (χ4v) is 3.90. The van der Waals surface area contributed by atoms with Crippen LogP contribution in [0.15, 0.2) is 53.2 Å². The van der Waals surface area contributed by atoms with Crippen molar-refractivity contribution in [1.29, 1.82) is 0 Å². The molecule has 1 amide bonds. The van der Waals surface area contributed by atoms with Crippen molar-refractivity contribution in [1.82, 2.24) is 14.9 Å². The van der Waals surface area contributed by atoms with Gasteiger partial charge in [0.05, 0.1) is 19.2 Å². The quantitative estimate of drug-likeness (QED) is 0.624. The van der Waals surface area contributed by atoms with Crippen molar-refractivity contribution in [3.05, 3.63) is 76.6 Å². The Morgan fingerprint density at radius 2 is 2.21 bits per heavy atom. The molecule has 0 spiro atoms. The molecule has 2 aromatic heterocycles. The van der Waals surface area contributed by atoms with Gasteiger partial charge in [0.2, 0.25) is 5.88 Å². The van der Waals surface area contributed by atoms with E-state index in [0.29, 0.717) is 41.9 Å². The number of aromatic nitrogens is 2. The topological polar surface area (TPSA) is 68.5 Å². The zero-order chi connectivity index (χ0) is 20.2. The van der Waals surface area contributed by atoms with Gasteiger partial charge >= 0.3 is 0 Å². The van der Waals surface area contributed by atoms with Crippen LogP contribution in [-0.4, -0.2) is 41.0 Å². The van der Waals surface area contributed by atoms with Crippen molar-refractivity contribution < 1.29 is 13.9 Å². The van der Waals surface area contributed by atoms with Crippen molar-refractivity contribution in [2.24, 2.45) is 0 Å². The summed E-state index contributed by atoms with van der Waals surface area (Å²) in [5.74, 6) is 1.81. The van der Waals surface area contributed by atoms with Crippen molar-refractivity contribution in [2.75, 3.05) is 20.2 Å². The van der Waals surface area contributed by atoms with Gasteiger partial charge in [0.15, 0.2) is 5.89 Å². The van der Waals surface area contributed by atoms with Crippen LogP contribution in [0.4, 0.5) is 0 Å². The molecule has 0 saturated carbocycles. The fourth-order valence-electron chi connectivity index (χ4n) is 3.69. The summed E-state index contributed by atoms with van der Waals surface area (Å²) in [6, 6.07) is 11.2. The molecule has 0 unspecified atom stereocenters. The van der Waals surface area contributed by atoms with E-state index < -0.39 is 0 Å². The number of hydrogen-bond donors (Lipinski definition) is 0. The number of carbonyl (C=O) groups excluding carboxylic acids is 1. The molecule has 1 aliphatic heterocycles. The average molecular weight is 412 g/mol. The number of likely N-dealkylation sites (tertiary alicyclic amines) is 1. The number of oxazole rings is 1. The van der Waals surface area contributed by atoms with Gasteiger partial charge in [-0.15, -0.1) is 0 Å². The van der Waals surface area contributed by atoms with Gasteiger partial charge in [-0.2, -0.15) is 0 Å². The van der Waals surface area contributed by atoms with Crippen LogP contribution in [0.25, 0.3) is 0 Å².